The molecule has 0 saturated carbocycles. The molecule has 428 valence electrons. The minimum absolute atomic E-state index is 0.0250. The summed E-state index contributed by atoms with van der Waals surface area (Å²) in [5, 5.41) is 3.03. The summed E-state index contributed by atoms with van der Waals surface area (Å²) in [6, 6.07) is -0.894. The average molecular weight is 1050 g/mol. The second-order valence-electron chi connectivity index (χ2n) is 22.2. The monoisotopic (exact) mass is 1050 g/mol. The van der Waals surface area contributed by atoms with Gasteiger partial charge in [0.05, 0.1) is 33.8 Å². The van der Waals surface area contributed by atoms with Crippen LogP contribution < -0.4 is 10.2 Å². The summed E-state index contributed by atoms with van der Waals surface area (Å²) in [6.07, 6.45) is 65.1. The largest absolute Gasteiger partial charge is 0.756 e. The van der Waals surface area contributed by atoms with Gasteiger partial charge in [0.1, 0.15) is 19.3 Å². The summed E-state index contributed by atoms with van der Waals surface area (Å²) in [4.78, 5) is 39.9. The van der Waals surface area contributed by atoms with Crippen LogP contribution in [0.5, 0.6) is 0 Å². The third-order valence-corrected chi connectivity index (χ3v) is 14.7. The third-order valence-electron chi connectivity index (χ3n) is 13.8. The Morgan fingerprint density at radius 3 is 1.32 bits per heavy atom. The quantitative estimate of drug-likeness (QED) is 0.0212. The predicted octanol–water partition coefficient (Wildman–Crippen LogP) is 18.3. The van der Waals surface area contributed by atoms with Crippen molar-refractivity contribution in [2.75, 3.05) is 40.9 Å². The molecule has 1 N–H and O–H groups in total. The van der Waals surface area contributed by atoms with Gasteiger partial charge < -0.3 is 28.5 Å². The summed E-state index contributed by atoms with van der Waals surface area (Å²) in [6.45, 7) is 6.74. The van der Waals surface area contributed by atoms with E-state index in [4.69, 9.17) is 13.8 Å². The lowest BCUT2D eigenvalue weighted by molar-refractivity contribution is -0.870. The number of likely N-dealkylation sites (N-methyl/N-ethyl adjacent to an activating group) is 1. The number of phosphoric acid groups is 1. The number of unbranched alkanes of at least 4 members (excludes halogenated alkanes) is 34. The molecule has 0 spiro atoms. The highest BCUT2D eigenvalue weighted by Crippen LogP contribution is 2.38. The Morgan fingerprint density at radius 1 is 0.493 bits per heavy atom. The zero-order valence-corrected chi connectivity index (χ0v) is 49.7. The van der Waals surface area contributed by atoms with E-state index >= 15 is 0 Å². The lowest BCUT2D eigenvalue weighted by Crippen LogP contribution is -2.47. The van der Waals surface area contributed by atoms with E-state index in [1.54, 1.807) is 0 Å². The Balaban J connectivity index is 5.20. The summed E-state index contributed by atoms with van der Waals surface area (Å²) in [5.74, 6) is -0.557. The molecule has 0 saturated heterocycles. The van der Waals surface area contributed by atoms with Gasteiger partial charge in [-0.25, -0.2) is 0 Å². The summed E-state index contributed by atoms with van der Waals surface area (Å²) in [7, 11) is 1.18. The molecule has 0 aromatic heterocycles. The van der Waals surface area contributed by atoms with Crippen LogP contribution in [0.2, 0.25) is 0 Å². The van der Waals surface area contributed by atoms with E-state index in [1.165, 1.54) is 167 Å². The van der Waals surface area contributed by atoms with Crippen LogP contribution in [0, 0.1) is 0 Å². The maximum absolute atomic E-state index is 13.5. The van der Waals surface area contributed by atoms with E-state index in [0.29, 0.717) is 23.9 Å². The Labute approximate surface area is 452 Å². The number of amides is 1. The molecule has 0 aliphatic heterocycles. The van der Waals surface area contributed by atoms with Crippen LogP contribution in [0.15, 0.2) is 48.6 Å². The highest BCUT2D eigenvalue weighted by Gasteiger charge is 2.27. The van der Waals surface area contributed by atoms with Gasteiger partial charge in [0.25, 0.3) is 7.82 Å². The number of allylic oxidation sites excluding steroid dienone is 7. The maximum atomic E-state index is 13.5. The van der Waals surface area contributed by atoms with Crippen molar-refractivity contribution in [3.63, 3.8) is 0 Å². The normalized spacial score (nSPS) is 14.0. The number of rotatable bonds is 56. The van der Waals surface area contributed by atoms with Crippen LogP contribution in [-0.2, 0) is 27.9 Å². The van der Waals surface area contributed by atoms with Crippen LogP contribution in [-0.4, -0.2) is 69.4 Å². The molecule has 0 aromatic carbocycles. The van der Waals surface area contributed by atoms with Crippen molar-refractivity contribution in [2.45, 2.75) is 303 Å². The molecule has 73 heavy (non-hydrogen) atoms. The molecular weight excluding hydrogens is 928 g/mol. The molecule has 9 nitrogen and oxygen atoms in total. The van der Waals surface area contributed by atoms with Crippen molar-refractivity contribution in [1.82, 2.24) is 5.32 Å². The van der Waals surface area contributed by atoms with Crippen molar-refractivity contribution < 1.29 is 37.3 Å². The second-order valence-corrected chi connectivity index (χ2v) is 23.6. The van der Waals surface area contributed by atoms with Gasteiger partial charge in [-0.15, -0.1) is 0 Å². The predicted molar refractivity (Wildman–Crippen MR) is 312 cm³/mol. The van der Waals surface area contributed by atoms with Gasteiger partial charge in [-0.05, 0) is 63.9 Å². The molecule has 0 heterocycles. The van der Waals surface area contributed by atoms with Crippen LogP contribution in [0.3, 0.4) is 0 Å². The van der Waals surface area contributed by atoms with Gasteiger partial charge in [0.2, 0.25) is 5.91 Å². The highest BCUT2D eigenvalue weighted by atomic mass is 31.2. The van der Waals surface area contributed by atoms with Crippen molar-refractivity contribution >= 4 is 19.7 Å². The van der Waals surface area contributed by atoms with E-state index in [2.05, 4.69) is 62.5 Å². The molecule has 0 fully saturated rings. The van der Waals surface area contributed by atoms with Crippen LogP contribution in [0.1, 0.15) is 290 Å². The van der Waals surface area contributed by atoms with E-state index < -0.39 is 26.6 Å². The van der Waals surface area contributed by atoms with E-state index in [9.17, 15) is 19.0 Å². The van der Waals surface area contributed by atoms with Crippen LogP contribution in [0.25, 0.3) is 0 Å². The zero-order chi connectivity index (χ0) is 53.6. The molecule has 0 bridgehead atoms. The van der Waals surface area contributed by atoms with Gasteiger partial charge in [0, 0.05) is 12.8 Å². The number of hydrogen-bond acceptors (Lipinski definition) is 7. The minimum Gasteiger partial charge on any atom is -0.756 e. The number of phosphoric ester groups is 1. The van der Waals surface area contributed by atoms with Gasteiger partial charge >= 0.3 is 5.97 Å². The fraction of sp³-hybridized carbons (Fsp3) is 0.841. The average Bonchev–Trinajstić information content (AvgIpc) is 3.35. The molecule has 0 rings (SSSR count). The second kappa shape index (κ2) is 53.4. The summed E-state index contributed by atoms with van der Waals surface area (Å²) in [5.41, 5.74) is 0. The molecule has 0 radical (unpaired) electrons. The number of quaternary nitrogens is 1. The standard InChI is InChI=1S/C63H119N2O7P/c1-7-10-13-16-19-22-25-28-30-31-32-33-34-35-36-37-40-43-46-49-52-55-62(66)64-60(59-71-73(68,69)70-58-57-65(4,5)6)61(54-51-48-45-42-39-27-24-21-18-15-12-9-3)72-63(67)56-53-50-47-44-41-38-29-26-23-20-17-14-11-8-2/h11,14,20,23,29,38,51,54,60-61H,7-10,12-13,15-19,21-22,24-28,30-37,39-50,52-53,55-59H2,1-6H3,(H-,64,66,68,69)/b14-11+,23-20+,38-29+,54-51+. The Bertz CT molecular complexity index is 1390. The van der Waals surface area contributed by atoms with Gasteiger partial charge in [-0.3, -0.25) is 14.2 Å². The molecule has 10 heteroatoms. The first-order chi connectivity index (χ1) is 35.4. The molecule has 0 aliphatic rings. The number of hydrogen-bond donors (Lipinski definition) is 1. The SMILES string of the molecule is CC/C=C/C/C=C/C/C=C/CCCCCCC(=O)OC(/C=C/CCCCCCCCCCCC)C(COP(=O)([O-])OCC[N+](C)(C)C)NC(=O)CCCCCCCCCCCCCCCCCCCCCCC. The van der Waals surface area contributed by atoms with E-state index in [1.807, 2.05) is 33.3 Å². The highest BCUT2D eigenvalue weighted by molar-refractivity contribution is 7.45. The zero-order valence-electron chi connectivity index (χ0n) is 48.8. The Hall–Kier alpha value is -2.03. The molecule has 3 atom stereocenters. The molecule has 1 amide bonds. The first-order valence-corrected chi connectivity index (χ1v) is 32.4. The van der Waals surface area contributed by atoms with E-state index in [0.717, 1.165) is 83.5 Å². The van der Waals surface area contributed by atoms with Gasteiger partial charge in [-0.2, -0.15) is 0 Å². The maximum Gasteiger partial charge on any atom is 0.306 e. The molecular formula is C63H119N2O7P. The van der Waals surface area contributed by atoms with Gasteiger partial charge in [-0.1, -0.05) is 262 Å². The fourth-order valence-corrected chi connectivity index (χ4v) is 9.73. The molecule has 0 aliphatic carbocycles. The van der Waals surface area contributed by atoms with Crippen molar-refractivity contribution in [2.24, 2.45) is 0 Å². The first-order valence-electron chi connectivity index (χ1n) is 30.9. The molecule has 3 unspecified atom stereocenters. The topological polar surface area (TPSA) is 114 Å². The number of ether oxygens (including phenoxy) is 1. The van der Waals surface area contributed by atoms with Crippen LogP contribution in [0.4, 0.5) is 0 Å². The number of carbonyl (C=O) groups excluding carboxylic acids is 2. The third kappa shape index (κ3) is 54.6. The number of nitrogens with zero attached hydrogens (tertiary/aromatic N) is 1. The summed E-state index contributed by atoms with van der Waals surface area (Å²) >= 11 is 0. The number of carbonyl (C=O) groups is 2. The lowest BCUT2D eigenvalue weighted by Gasteiger charge is -2.30. The van der Waals surface area contributed by atoms with Crippen molar-refractivity contribution in [1.29, 1.82) is 0 Å². The number of nitrogens with one attached hydrogen (secondary N) is 1. The fourth-order valence-electron chi connectivity index (χ4n) is 9.01. The Morgan fingerprint density at radius 2 is 0.877 bits per heavy atom. The van der Waals surface area contributed by atoms with Gasteiger partial charge in [0.15, 0.2) is 0 Å². The first kappa shape index (κ1) is 71.0. The minimum atomic E-state index is -4.70. The van der Waals surface area contributed by atoms with Crippen molar-refractivity contribution in [3.8, 4) is 0 Å². The van der Waals surface area contributed by atoms with Crippen molar-refractivity contribution in [3.05, 3.63) is 48.6 Å². The molecule has 0 aromatic rings. The smallest absolute Gasteiger partial charge is 0.306 e. The Kier molecular flexibility index (Phi) is 51.9. The van der Waals surface area contributed by atoms with Crippen LogP contribution >= 0.6 is 7.82 Å². The van der Waals surface area contributed by atoms with E-state index in [-0.39, 0.29) is 24.9 Å². The summed E-state index contributed by atoms with van der Waals surface area (Å²) < 4.78 is 30.3. The number of esters is 1. The lowest BCUT2D eigenvalue weighted by atomic mass is 10.0.